The molecule has 0 aliphatic heterocycles. The average Bonchev–Trinajstić information content (AvgIpc) is 2.26. The summed E-state index contributed by atoms with van der Waals surface area (Å²) in [7, 11) is 0. The second kappa shape index (κ2) is 6.65. The largest absolute Gasteiger partial charge is 0.466 e. The molecule has 1 atom stereocenters. The van der Waals surface area contributed by atoms with Gasteiger partial charge in [-0.25, -0.2) is 0 Å². The molecule has 0 fully saturated rings. The first-order valence-corrected chi connectivity index (χ1v) is 6.35. The van der Waals surface area contributed by atoms with Crippen LogP contribution >= 0.6 is 11.6 Å². The first-order valence-electron chi connectivity index (χ1n) is 5.92. The summed E-state index contributed by atoms with van der Waals surface area (Å²) >= 11 is 6.35. The van der Waals surface area contributed by atoms with Crippen LogP contribution in [0.2, 0.25) is 0 Å². The van der Waals surface area contributed by atoms with Gasteiger partial charge in [-0.2, -0.15) is 0 Å². The summed E-state index contributed by atoms with van der Waals surface area (Å²) in [6.07, 6.45) is 0.988. The Kier molecular flexibility index (Phi) is 5.49. The Balaban J connectivity index is 2.64. The molecule has 17 heavy (non-hydrogen) atoms. The van der Waals surface area contributed by atoms with Crippen molar-refractivity contribution in [2.24, 2.45) is 0 Å². The van der Waals surface area contributed by atoms with Crippen LogP contribution < -0.4 is 0 Å². The zero-order chi connectivity index (χ0) is 12.8. The molecule has 1 aromatic carbocycles. The van der Waals surface area contributed by atoms with Gasteiger partial charge in [-0.15, -0.1) is 11.6 Å². The van der Waals surface area contributed by atoms with Gasteiger partial charge in [0.05, 0.1) is 12.0 Å². The lowest BCUT2D eigenvalue weighted by Crippen LogP contribution is -2.06. The summed E-state index contributed by atoms with van der Waals surface area (Å²) in [5.41, 5.74) is 3.49. The highest BCUT2D eigenvalue weighted by atomic mass is 35.5. The summed E-state index contributed by atoms with van der Waals surface area (Å²) in [5.74, 6) is -0.176. The number of alkyl halides is 1. The number of carbonyl (C=O) groups excluding carboxylic acids is 1. The predicted octanol–water partition coefficient (Wildman–Crippen LogP) is 3.93. The SMILES string of the molecule is CCOC(=O)CCC(Cl)c1c(C)cccc1C. The molecule has 1 rings (SSSR count). The maximum Gasteiger partial charge on any atom is 0.305 e. The molecule has 1 aromatic rings. The summed E-state index contributed by atoms with van der Waals surface area (Å²) in [6.45, 7) is 6.32. The fourth-order valence-corrected chi connectivity index (χ4v) is 2.40. The van der Waals surface area contributed by atoms with E-state index in [2.05, 4.69) is 0 Å². The second-order valence-electron chi connectivity index (χ2n) is 4.12. The standard InChI is InChI=1S/C14H19ClO2/c1-4-17-13(16)9-8-12(15)14-10(2)6-5-7-11(14)3/h5-7,12H,4,8-9H2,1-3H3. The van der Waals surface area contributed by atoms with Gasteiger partial charge < -0.3 is 4.74 Å². The summed E-state index contributed by atoms with van der Waals surface area (Å²) in [5, 5.41) is -0.124. The molecular weight excluding hydrogens is 236 g/mol. The highest BCUT2D eigenvalue weighted by molar-refractivity contribution is 6.21. The quantitative estimate of drug-likeness (QED) is 0.588. The van der Waals surface area contributed by atoms with E-state index in [0.29, 0.717) is 19.4 Å². The Morgan fingerprint density at radius 2 is 1.94 bits per heavy atom. The molecule has 0 aliphatic rings. The van der Waals surface area contributed by atoms with Gasteiger partial charge in [0.25, 0.3) is 0 Å². The zero-order valence-electron chi connectivity index (χ0n) is 10.6. The lowest BCUT2D eigenvalue weighted by molar-refractivity contribution is -0.143. The van der Waals surface area contributed by atoms with E-state index >= 15 is 0 Å². The Bertz CT molecular complexity index is 368. The molecule has 1 unspecified atom stereocenters. The van der Waals surface area contributed by atoms with E-state index in [1.807, 2.05) is 39.0 Å². The summed E-state index contributed by atoms with van der Waals surface area (Å²) < 4.78 is 4.89. The van der Waals surface area contributed by atoms with Gasteiger partial charge in [0.1, 0.15) is 0 Å². The number of halogens is 1. The van der Waals surface area contributed by atoms with Crippen LogP contribution in [0.1, 0.15) is 41.8 Å². The smallest absolute Gasteiger partial charge is 0.305 e. The van der Waals surface area contributed by atoms with Crippen molar-refractivity contribution in [1.29, 1.82) is 0 Å². The third kappa shape index (κ3) is 4.04. The van der Waals surface area contributed by atoms with Crippen molar-refractivity contribution >= 4 is 17.6 Å². The molecule has 2 nitrogen and oxygen atoms in total. The average molecular weight is 255 g/mol. The number of benzene rings is 1. The topological polar surface area (TPSA) is 26.3 Å². The highest BCUT2D eigenvalue weighted by Crippen LogP contribution is 2.30. The Hall–Kier alpha value is -1.02. The Morgan fingerprint density at radius 1 is 1.35 bits per heavy atom. The van der Waals surface area contributed by atoms with Crippen LogP contribution in [0.5, 0.6) is 0 Å². The molecule has 94 valence electrons. The molecule has 0 radical (unpaired) electrons. The van der Waals surface area contributed by atoms with Crippen molar-refractivity contribution in [3.05, 3.63) is 34.9 Å². The Morgan fingerprint density at radius 3 is 2.47 bits per heavy atom. The van der Waals surface area contributed by atoms with Gasteiger partial charge in [0, 0.05) is 6.42 Å². The summed E-state index contributed by atoms with van der Waals surface area (Å²) in [6, 6.07) is 6.10. The van der Waals surface area contributed by atoms with Gasteiger partial charge >= 0.3 is 5.97 Å². The lowest BCUT2D eigenvalue weighted by Gasteiger charge is -2.15. The number of esters is 1. The molecule has 0 amide bonds. The normalized spacial score (nSPS) is 12.2. The predicted molar refractivity (Wildman–Crippen MR) is 70.4 cm³/mol. The minimum atomic E-state index is -0.176. The molecule has 0 N–H and O–H groups in total. The van der Waals surface area contributed by atoms with Crippen molar-refractivity contribution in [2.75, 3.05) is 6.61 Å². The van der Waals surface area contributed by atoms with Crippen molar-refractivity contribution in [1.82, 2.24) is 0 Å². The van der Waals surface area contributed by atoms with E-state index in [9.17, 15) is 4.79 Å². The van der Waals surface area contributed by atoms with Gasteiger partial charge in [-0.05, 0) is 43.9 Å². The van der Waals surface area contributed by atoms with Crippen LogP contribution in [0.3, 0.4) is 0 Å². The Labute approximate surface area is 108 Å². The fourth-order valence-electron chi connectivity index (χ4n) is 1.94. The lowest BCUT2D eigenvalue weighted by atomic mass is 9.97. The van der Waals surface area contributed by atoms with Gasteiger partial charge in [-0.3, -0.25) is 4.79 Å². The van der Waals surface area contributed by atoms with E-state index in [1.165, 1.54) is 11.1 Å². The van der Waals surface area contributed by atoms with E-state index < -0.39 is 0 Å². The number of hydrogen-bond donors (Lipinski definition) is 0. The van der Waals surface area contributed by atoms with Gasteiger partial charge in [-0.1, -0.05) is 18.2 Å². The third-order valence-corrected chi connectivity index (χ3v) is 3.20. The molecule has 0 bridgehead atoms. The van der Waals surface area contributed by atoms with Crippen molar-refractivity contribution in [3.63, 3.8) is 0 Å². The van der Waals surface area contributed by atoms with Crippen molar-refractivity contribution < 1.29 is 9.53 Å². The number of hydrogen-bond acceptors (Lipinski definition) is 2. The van der Waals surface area contributed by atoms with E-state index in [0.717, 1.165) is 5.56 Å². The van der Waals surface area contributed by atoms with Crippen LogP contribution in [0, 0.1) is 13.8 Å². The third-order valence-electron chi connectivity index (χ3n) is 2.76. The number of carbonyl (C=O) groups is 1. The number of aryl methyl sites for hydroxylation is 2. The van der Waals surface area contributed by atoms with Crippen LogP contribution in [0.15, 0.2) is 18.2 Å². The molecule has 0 saturated carbocycles. The van der Waals surface area contributed by atoms with Gasteiger partial charge in [0.2, 0.25) is 0 Å². The van der Waals surface area contributed by atoms with E-state index in [1.54, 1.807) is 0 Å². The highest BCUT2D eigenvalue weighted by Gasteiger charge is 2.15. The zero-order valence-corrected chi connectivity index (χ0v) is 11.4. The van der Waals surface area contributed by atoms with Crippen molar-refractivity contribution in [3.8, 4) is 0 Å². The second-order valence-corrected chi connectivity index (χ2v) is 4.64. The molecular formula is C14H19ClO2. The molecule has 0 saturated heterocycles. The molecule has 0 aliphatic carbocycles. The molecule has 0 spiro atoms. The molecule has 0 heterocycles. The maximum atomic E-state index is 11.3. The number of ether oxygens (including phenoxy) is 1. The summed E-state index contributed by atoms with van der Waals surface area (Å²) in [4.78, 5) is 11.3. The molecule has 0 aromatic heterocycles. The fraction of sp³-hybridized carbons (Fsp3) is 0.500. The maximum absolute atomic E-state index is 11.3. The van der Waals surface area contributed by atoms with Crippen LogP contribution in [0.4, 0.5) is 0 Å². The van der Waals surface area contributed by atoms with Crippen LogP contribution in [-0.2, 0) is 9.53 Å². The van der Waals surface area contributed by atoms with Crippen LogP contribution in [-0.4, -0.2) is 12.6 Å². The monoisotopic (exact) mass is 254 g/mol. The molecule has 3 heteroatoms. The van der Waals surface area contributed by atoms with E-state index in [-0.39, 0.29) is 11.3 Å². The van der Waals surface area contributed by atoms with Gasteiger partial charge in [0.15, 0.2) is 0 Å². The number of rotatable bonds is 5. The van der Waals surface area contributed by atoms with E-state index in [4.69, 9.17) is 16.3 Å². The van der Waals surface area contributed by atoms with Crippen molar-refractivity contribution in [2.45, 2.75) is 39.0 Å². The first-order chi connectivity index (χ1) is 8.06. The van der Waals surface area contributed by atoms with Crippen LogP contribution in [0.25, 0.3) is 0 Å². The minimum Gasteiger partial charge on any atom is -0.466 e. The first kappa shape index (κ1) is 14.0. The minimum absolute atomic E-state index is 0.124.